The molecule has 12 aromatic rings. The average molecular weight is 885 g/mol. The molecule has 2 aliphatic carbocycles. The number of anilines is 6. The second-order valence-electron chi connectivity index (χ2n) is 18.6. The summed E-state index contributed by atoms with van der Waals surface area (Å²) in [6, 6.07) is 86.2. The Labute approximate surface area is 402 Å². The van der Waals surface area contributed by atoms with Crippen molar-refractivity contribution in [3.63, 3.8) is 0 Å². The van der Waals surface area contributed by atoms with E-state index in [9.17, 15) is 0 Å². The molecule has 10 aromatic carbocycles. The first-order valence-corrected chi connectivity index (χ1v) is 24.4. The molecule has 2 aromatic heterocycles. The molecule has 0 radical (unpaired) electrons. The first kappa shape index (κ1) is 39.6. The number of hydrogen-bond donors (Lipinski definition) is 0. The second kappa shape index (κ2) is 15.2. The van der Waals surface area contributed by atoms with Crippen LogP contribution in [0, 0.1) is 0 Å². The summed E-state index contributed by atoms with van der Waals surface area (Å²) >= 11 is 0. The Morgan fingerprint density at radius 3 is 1.09 bits per heavy atom. The topological polar surface area (TPSA) is 16.3 Å². The number of aromatic nitrogens is 2. The van der Waals surface area contributed by atoms with E-state index in [1.54, 1.807) is 0 Å². The first-order chi connectivity index (χ1) is 34.1. The fourth-order valence-corrected chi connectivity index (χ4v) is 12.5. The van der Waals surface area contributed by atoms with Crippen molar-refractivity contribution >= 4 is 77.7 Å². The van der Waals surface area contributed by atoms with Crippen molar-refractivity contribution in [2.45, 2.75) is 32.4 Å². The van der Waals surface area contributed by atoms with Crippen molar-refractivity contribution in [3.8, 4) is 22.3 Å². The Morgan fingerprint density at radius 1 is 0.290 bits per heavy atom. The van der Waals surface area contributed by atoms with Crippen molar-refractivity contribution in [1.82, 2.24) is 9.13 Å². The third-order valence-electron chi connectivity index (χ3n) is 15.3. The van der Waals surface area contributed by atoms with Gasteiger partial charge in [0.15, 0.2) is 0 Å². The SMILES string of the molecule is CCn1c2ccccc2c2ccc(N(c3ccccc3)c3ccc4c(c3)C3(c5ccccc5-c5ccccc53)c3cc(N(c5ccccc5)c5ccc6c7ccccc7n(CC)c6c5)ccc3-4)cc21. The van der Waals surface area contributed by atoms with Crippen molar-refractivity contribution in [3.05, 3.63) is 253 Å². The number of hydrogen-bond acceptors (Lipinski definition) is 2. The number of aryl methyl sites for hydroxylation is 2. The van der Waals surface area contributed by atoms with Gasteiger partial charge in [0.05, 0.1) is 16.4 Å². The van der Waals surface area contributed by atoms with Crippen molar-refractivity contribution in [1.29, 1.82) is 0 Å². The normalized spacial score (nSPS) is 13.0. The van der Waals surface area contributed by atoms with Gasteiger partial charge in [0.1, 0.15) is 0 Å². The van der Waals surface area contributed by atoms with Crippen molar-refractivity contribution in [2.24, 2.45) is 0 Å². The van der Waals surface area contributed by atoms with Gasteiger partial charge in [0.25, 0.3) is 0 Å². The molecule has 2 aliphatic rings. The number of fused-ring (bicyclic) bond motifs is 16. The van der Waals surface area contributed by atoms with Crippen molar-refractivity contribution in [2.75, 3.05) is 9.80 Å². The lowest BCUT2D eigenvalue weighted by Crippen LogP contribution is -2.26. The predicted octanol–water partition coefficient (Wildman–Crippen LogP) is 17.2. The van der Waals surface area contributed by atoms with Crippen LogP contribution in [0.4, 0.5) is 34.1 Å². The molecule has 2 heterocycles. The fraction of sp³-hybridized carbons (Fsp3) is 0.0769. The smallest absolute Gasteiger partial charge is 0.0727 e. The maximum atomic E-state index is 2.51. The van der Waals surface area contributed by atoms with Crippen LogP contribution >= 0.6 is 0 Å². The summed E-state index contributed by atoms with van der Waals surface area (Å²) in [6.45, 7) is 6.27. The van der Waals surface area contributed by atoms with E-state index < -0.39 is 5.41 Å². The average Bonchev–Trinajstić information content (AvgIpc) is 4.10. The molecular weight excluding hydrogens is 837 g/mol. The highest BCUT2D eigenvalue weighted by Gasteiger charge is 2.52. The lowest BCUT2D eigenvalue weighted by Gasteiger charge is -2.33. The Hall–Kier alpha value is -8.60. The largest absolute Gasteiger partial charge is 0.341 e. The Kier molecular flexibility index (Phi) is 8.72. The summed E-state index contributed by atoms with van der Waals surface area (Å²) in [7, 11) is 0. The quantitative estimate of drug-likeness (QED) is 0.151. The van der Waals surface area contributed by atoms with E-state index in [0.29, 0.717) is 0 Å². The molecule has 14 rings (SSSR count). The lowest BCUT2D eigenvalue weighted by atomic mass is 9.70. The summed E-state index contributed by atoms with van der Waals surface area (Å²) < 4.78 is 4.91. The summed E-state index contributed by atoms with van der Waals surface area (Å²) in [4.78, 5) is 4.91. The van der Waals surface area contributed by atoms with E-state index >= 15 is 0 Å². The molecule has 0 saturated carbocycles. The Morgan fingerprint density at radius 2 is 0.638 bits per heavy atom. The monoisotopic (exact) mass is 884 g/mol. The second-order valence-corrected chi connectivity index (χ2v) is 18.6. The molecule has 0 N–H and O–H groups in total. The summed E-state index contributed by atoms with van der Waals surface area (Å²) in [5.74, 6) is 0. The van der Waals surface area contributed by atoms with Gasteiger partial charge in [0, 0.05) is 79.8 Å². The zero-order valence-corrected chi connectivity index (χ0v) is 38.6. The maximum Gasteiger partial charge on any atom is 0.0727 e. The fourth-order valence-electron chi connectivity index (χ4n) is 12.5. The van der Waals surface area contributed by atoms with E-state index in [-0.39, 0.29) is 0 Å². The molecular formula is C65H48N4. The highest BCUT2D eigenvalue weighted by molar-refractivity contribution is 6.10. The molecule has 0 aliphatic heterocycles. The highest BCUT2D eigenvalue weighted by atomic mass is 15.2. The van der Waals surface area contributed by atoms with Crippen molar-refractivity contribution < 1.29 is 0 Å². The van der Waals surface area contributed by atoms with E-state index in [4.69, 9.17) is 0 Å². The molecule has 0 unspecified atom stereocenters. The van der Waals surface area contributed by atoms with Crippen LogP contribution in [-0.2, 0) is 18.5 Å². The van der Waals surface area contributed by atoms with Gasteiger partial charge in [-0.2, -0.15) is 0 Å². The molecule has 4 heteroatoms. The molecule has 4 nitrogen and oxygen atoms in total. The van der Waals surface area contributed by atoms with Gasteiger partial charge in [-0.1, -0.05) is 146 Å². The van der Waals surface area contributed by atoms with E-state index in [1.807, 2.05) is 0 Å². The number of benzene rings is 10. The molecule has 0 saturated heterocycles. The van der Waals surface area contributed by atoms with Gasteiger partial charge >= 0.3 is 0 Å². The van der Waals surface area contributed by atoms with Crippen LogP contribution in [-0.4, -0.2) is 9.13 Å². The first-order valence-electron chi connectivity index (χ1n) is 24.4. The van der Waals surface area contributed by atoms with Crippen LogP contribution in [0.2, 0.25) is 0 Å². The van der Waals surface area contributed by atoms with Crippen LogP contribution < -0.4 is 9.80 Å². The van der Waals surface area contributed by atoms with E-state index in [1.165, 1.54) is 88.1 Å². The van der Waals surface area contributed by atoms with Gasteiger partial charge in [0.2, 0.25) is 0 Å². The minimum Gasteiger partial charge on any atom is -0.341 e. The zero-order chi connectivity index (χ0) is 45.8. The predicted molar refractivity (Wildman–Crippen MR) is 289 cm³/mol. The van der Waals surface area contributed by atoms with Gasteiger partial charge < -0.3 is 18.9 Å². The van der Waals surface area contributed by atoms with Crippen LogP contribution in [0.5, 0.6) is 0 Å². The molecule has 0 atom stereocenters. The molecule has 69 heavy (non-hydrogen) atoms. The molecule has 0 bridgehead atoms. The molecule has 0 amide bonds. The van der Waals surface area contributed by atoms with E-state index in [0.717, 1.165) is 47.2 Å². The molecule has 328 valence electrons. The summed E-state index contributed by atoms with van der Waals surface area (Å²) in [6.07, 6.45) is 0. The molecule has 0 fully saturated rings. The minimum absolute atomic E-state index is 0.578. The molecule has 1 spiro atoms. The number of para-hydroxylation sites is 4. The van der Waals surface area contributed by atoms with Crippen LogP contribution in [0.15, 0.2) is 231 Å². The van der Waals surface area contributed by atoms with Gasteiger partial charge in [-0.25, -0.2) is 0 Å². The van der Waals surface area contributed by atoms with Crippen LogP contribution in [0.25, 0.3) is 65.9 Å². The van der Waals surface area contributed by atoms with Gasteiger partial charge in [-0.05, 0) is 143 Å². The minimum atomic E-state index is -0.578. The highest BCUT2D eigenvalue weighted by Crippen LogP contribution is 2.64. The maximum absolute atomic E-state index is 2.51. The van der Waals surface area contributed by atoms with Gasteiger partial charge in [-0.15, -0.1) is 0 Å². The Bertz CT molecular complexity index is 3750. The number of rotatable bonds is 8. The van der Waals surface area contributed by atoms with Crippen LogP contribution in [0.3, 0.4) is 0 Å². The standard InChI is InChI=1S/C65H48N4/c1-3-66-61-29-17-13-25-53(61)55-37-33-47(41-63(55)66)68(43-19-7-5-8-20-43)45-31-35-51-52-36-32-46(40-60(52)65(59(51)39-45)57-27-15-11-23-49(57)50-24-12-16-28-58(50)65)69(44-21-9-6-10-22-44)48-34-38-56-54-26-14-18-30-62(54)67(4-2)64(56)42-48/h5-42H,3-4H2,1-2H3. The Balaban J connectivity index is 1.01. The summed E-state index contributed by atoms with van der Waals surface area (Å²) in [5, 5.41) is 5.13. The van der Waals surface area contributed by atoms with E-state index in [2.05, 4.69) is 263 Å². The summed E-state index contributed by atoms with van der Waals surface area (Å²) in [5.41, 5.74) is 21.5. The van der Waals surface area contributed by atoms with Gasteiger partial charge in [-0.3, -0.25) is 0 Å². The number of nitrogens with zero attached hydrogens (tertiary/aromatic N) is 4. The van der Waals surface area contributed by atoms with Crippen LogP contribution in [0.1, 0.15) is 36.1 Å². The lowest BCUT2D eigenvalue weighted by molar-refractivity contribution is 0.793. The third-order valence-corrected chi connectivity index (χ3v) is 15.3. The zero-order valence-electron chi connectivity index (χ0n) is 38.6. The third kappa shape index (κ3) is 5.57.